The summed E-state index contributed by atoms with van der Waals surface area (Å²) in [5.41, 5.74) is 1.33. The van der Waals surface area contributed by atoms with Crippen LogP contribution in [0.25, 0.3) is 0 Å². The van der Waals surface area contributed by atoms with E-state index in [2.05, 4.69) is 0 Å². The normalized spacial score (nSPS) is 21.6. The molecule has 2 nitrogen and oxygen atoms in total. The molecule has 0 spiro atoms. The van der Waals surface area contributed by atoms with Crippen molar-refractivity contribution in [2.24, 2.45) is 5.41 Å². The zero-order valence-corrected chi connectivity index (χ0v) is 10.3. The van der Waals surface area contributed by atoms with Crippen LogP contribution in [0.5, 0.6) is 5.75 Å². The van der Waals surface area contributed by atoms with E-state index in [1.807, 2.05) is 33.8 Å². The third-order valence-electron chi connectivity index (χ3n) is 3.58. The molecule has 1 aromatic rings. The molecule has 0 bridgehead atoms. The van der Waals surface area contributed by atoms with Gasteiger partial charge in [0.2, 0.25) is 0 Å². The first-order valence-electron chi connectivity index (χ1n) is 5.62. The highest BCUT2D eigenvalue weighted by atomic mass is 16.3. The van der Waals surface area contributed by atoms with E-state index in [0.717, 1.165) is 12.0 Å². The first kappa shape index (κ1) is 11.2. The lowest BCUT2D eigenvalue weighted by molar-refractivity contribution is -0.132. The Labute approximate surface area is 96.3 Å². The summed E-state index contributed by atoms with van der Waals surface area (Å²) < 4.78 is 0. The summed E-state index contributed by atoms with van der Waals surface area (Å²) in [6.45, 7) is 7.86. The third-order valence-corrected chi connectivity index (χ3v) is 3.58. The van der Waals surface area contributed by atoms with E-state index in [-0.39, 0.29) is 16.9 Å². The molecule has 0 amide bonds. The van der Waals surface area contributed by atoms with Crippen LogP contribution >= 0.6 is 0 Å². The fourth-order valence-corrected chi connectivity index (χ4v) is 2.83. The molecule has 0 aliphatic heterocycles. The minimum absolute atomic E-state index is 0.235. The molecule has 1 aliphatic carbocycles. The maximum atomic E-state index is 12.4. The fraction of sp³-hybridized carbons (Fsp3) is 0.500. The topological polar surface area (TPSA) is 37.3 Å². The van der Waals surface area contributed by atoms with Gasteiger partial charge in [-0.1, -0.05) is 19.9 Å². The third kappa shape index (κ3) is 1.44. The van der Waals surface area contributed by atoms with Crippen molar-refractivity contribution in [3.63, 3.8) is 0 Å². The average Bonchev–Trinajstić information content (AvgIpc) is 2.17. The molecule has 1 aliphatic rings. The largest absolute Gasteiger partial charge is 0.508 e. The van der Waals surface area contributed by atoms with Gasteiger partial charge in [0.1, 0.15) is 11.5 Å². The minimum Gasteiger partial charge on any atom is -0.508 e. The fourth-order valence-electron chi connectivity index (χ4n) is 2.83. The maximum absolute atomic E-state index is 12.4. The van der Waals surface area contributed by atoms with Gasteiger partial charge in [-0.2, -0.15) is 0 Å². The van der Waals surface area contributed by atoms with Crippen LogP contribution in [0.2, 0.25) is 0 Å². The van der Waals surface area contributed by atoms with Crippen LogP contribution in [0.3, 0.4) is 0 Å². The summed E-state index contributed by atoms with van der Waals surface area (Å²) in [6, 6.07) is 5.35. The predicted octanol–water partition coefficient (Wildman–Crippen LogP) is 2.82. The van der Waals surface area contributed by atoms with Gasteiger partial charge in [-0.15, -0.1) is 0 Å². The average molecular weight is 218 g/mol. The Morgan fingerprint density at radius 2 is 1.81 bits per heavy atom. The van der Waals surface area contributed by atoms with Gasteiger partial charge in [-0.3, -0.25) is 4.79 Å². The second-order valence-electron chi connectivity index (χ2n) is 5.86. The second kappa shape index (κ2) is 3.09. The number of Topliss-reactive ketones (excluding diaryl/α,β-unsaturated/α-hetero) is 1. The lowest BCUT2D eigenvalue weighted by Crippen LogP contribution is -2.45. The summed E-state index contributed by atoms with van der Waals surface area (Å²) in [4.78, 5) is 12.4. The maximum Gasteiger partial charge on any atom is 0.148 e. The molecule has 2 heteroatoms. The van der Waals surface area contributed by atoms with E-state index in [1.54, 1.807) is 12.1 Å². The molecular weight excluding hydrogens is 200 g/mol. The molecule has 2 rings (SSSR count). The number of phenolic OH excluding ortho intramolecular Hbond substituents is 1. The van der Waals surface area contributed by atoms with Crippen molar-refractivity contribution in [1.82, 2.24) is 0 Å². The van der Waals surface area contributed by atoms with Crippen molar-refractivity contribution in [1.29, 1.82) is 0 Å². The van der Waals surface area contributed by atoms with E-state index < -0.39 is 5.41 Å². The highest BCUT2D eigenvalue weighted by Crippen LogP contribution is 2.43. The van der Waals surface area contributed by atoms with Gasteiger partial charge in [0, 0.05) is 10.8 Å². The number of hydrogen-bond donors (Lipinski definition) is 1. The molecule has 86 valence electrons. The number of carbonyl (C=O) groups is 1. The van der Waals surface area contributed by atoms with Gasteiger partial charge in [0.05, 0.1) is 0 Å². The summed E-state index contributed by atoms with van der Waals surface area (Å²) in [5, 5.41) is 9.53. The number of carbonyl (C=O) groups excluding carboxylic acids is 1. The molecule has 0 radical (unpaired) electrons. The molecule has 0 heterocycles. The molecule has 0 atom stereocenters. The Morgan fingerprint density at radius 1 is 1.19 bits per heavy atom. The number of benzene rings is 1. The van der Waals surface area contributed by atoms with Gasteiger partial charge in [-0.25, -0.2) is 0 Å². The Hall–Kier alpha value is -1.31. The van der Waals surface area contributed by atoms with E-state index in [9.17, 15) is 9.90 Å². The van der Waals surface area contributed by atoms with Crippen molar-refractivity contribution < 1.29 is 9.90 Å². The van der Waals surface area contributed by atoms with Crippen LogP contribution in [-0.2, 0) is 16.6 Å². The zero-order chi connectivity index (χ0) is 12.1. The quantitative estimate of drug-likeness (QED) is 0.727. The molecule has 0 saturated carbocycles. The smallest absolute Gasteiger partial charge is 0.148 e. The van der Waals surface area contributed by atoms with Gasteiger partial charge in [0.15, 0.2) is 0 Å². The molecule has 1 aromatic carbocycles. The van der Waals surface area contributed by atoms with Gasteiger partial charge in [0.25, 0.3) is 0 Å². The number of aromatic hydroxyl groups is 1. The molecule has 16 heavy (non-hydrogen) atoms. The molecule has 0 aromatic heterocycles. The lowest BCUT2D eigenvalue weighted by atomic mass is 9.61. The Morgan fingerprint density at radius 3 is 2.44 bits per heavy atom. The van der Waals surface area contributed by atoms with Crippen molar-refractivity contribution in [2.45, 2.75) is 39.5 Å². The van der Waals surface area contributed by atoms with Crippen molar-refractivity contribution in [3.8, 4) is 5.75 Å². The monoisotopic (exact) mass is 218 g/mol. The van der Waals surface area contributed by atoms with Gasteiger partial charge < -0.3 is 5.11 Å². The minimum atomic E-state index is -0.504. The standard InChI is InChI=1S/C14H18O2/c1-13(2)8-9-5-6-10(15)7-11(9)14(3,4)12(13)16/h5-7,15H,8H2,1-4H3. The number of fused-ring (bicyclic) bond motifs is 1. The summed E-state index contributed by atoms with van der Waals surface area (Å²) in [6.07, 6.45) is 0.755. The SMILES string of the molecule is CC1(C)Cc2ccc(O)cc2C(C)(C)C1=O. The van der Waals surface area contributed by atoms with Crippen LogP contribution in [0.15, 0.2) is 18.2 Å². The molecule has 0 saturated heterocycles. The second-order valence-corrected chi connectivity index (χ2v) is 5.86. The van der Waals surface area contributed by atoms with E-state index in [1.165, 1.54) is 5.56 Å². The van der Waals surface area contributed by atoms with E-state index >= 15 is 0 Å². The summed E-state index contributed by atoms with van der Waals surface area (Å²) in [7, 11) is 0. The molecular formula is C14H18O2. The first-order chi connectivity index (χ1) is 7.25. The Kier molecular flexibility index (Phi) is 2.16. The van der Waals surface area contributed by atoms with Crippen molar-refractivity contribution >= 4 is 5.78 Å². The molecule has 0 unspecified atom stereocenters. The van der Waals surface area contributed by atoms with Crippen LogP contribution in [0, 0.1) is 5.41 Å². The number of ketones is 1. The first-order valence-corrected chi connectivity index (χ1v) is 5.62. The van der Waals surface area contributed by atoms with Gasteiger partial charge >= 0.3 is 0 Å². The number of rotatable bonds is 0. The van der Waals surface area contributed by atoms with Crippen molar-refractivity contribution in [2.75, 3.05) is 0 Å². The van der Waals surface area contributed by atoms with Gasteiger partial charge in [-0.05, 0) is 43.5 Å². The molecule has 0 fully saturated rings. The van der Waals surface area contributed by atoms with Crippen LogP contribution in [-0.4, -0.2) is 10.9 Å². The van der Waals surface area contributed by atoms with Crippen LogP contribution < -0.4 is 0 Å². The predicted molar refractivity (Wildman–Crippen MR) is 63.6 cm³/mol. The highest BCUT2D eigenvalue weighted by molar-refractivity contribution is 5.96. The lowest BCUT2D eigenvalue weighted by Gasteiger charge is -2.40. The van der Waals surface area contributed by atoms with Crippen molar-refractivity contribution in [3.05, 3.63) is 29.3 Å². The Bertz CT molecular complexity index is 456. The zero-order valence-electron chi connectivity index (χ0n) is 10.3. The highest BCUT2D eigenvalue weighted by Gasteiger charge is 2.45. The number of phenols is 1. The summed E-state index contributed by atoms with van der Waals surface area (Å²) >= 11 is 0. The number of hydrogen-bond acceptors (Lipinski definition) is 2. The summed E-state index contributed by atoms with van der Waals surface area (Å²) in [5.74, 6) is 0.484. The van der Waals surface area contributed by atoms with E-state index in [4.69, 9.17) is 0 Å². The van der Waals surface area contributed by atoms with Crippen LogP contribution in [0.1, 0.15) is 38.8 Å². The van der Waals surface area contributed by atoms with Crippen LogP contribution in [0.4, 0.5) is 0 Å². The Balaban J connectivity index is 2.66. The molecule has 1 N–H and O–H groups in total. The van der Waals surface area contributed by atoms with E-state index in [0.29, 0.717) is 0 Å².